The van der Waals surface area contributed by atoms with Gasteiger partial charge in [-0.1, -0.05) is 37.3 Å². The lowest BCUT2D eigenvalue weighted by molar-refractivity contribution is -0.136. The van der Waals surface area contributed by atoms with Crippen molar-refractivity contribution in [2.24, 2.45) is 17.8 Å². The van der Waals surface area contributed by atoms with Crippen molar-refractivity contribution < 1.29 is 14.1 Å². The summed E-state index contributed by atoms with van der Waals surface area (Å²) in [6.45, 7) is 4.79. The summed E-state index contributed by atoms with van der Waals surface area (Å²) in [4.78, 5) is 14.7. The number of rotatable bonds is 6. The van der Waals surface area contributed by atoms with Crippen LogP contribution in [0.2, 0.25) is 0 Å². The lowest BCUT2D eigenvalue weighted by atomic mass is 9.80. The maximum Gasteiger partial charge on any atom is 0.223 e. The van der Waals surface area contributed by atoms with Crippen molar-refractivity contribution >= 4 is 5.91 Å². The number of piperidine rings is 1. The fraction of sp³-hybridized carbons (Fsp3) is 0.818. The third kappa shape index (κ3) is 5.35. The molecule has 4 rings (SSSR count). The first kappa shape index (κ1) is 19.9. The minimum absolute atomic E-state index is 0.290. The second-order valence-corrected chi connectivity index (χ2v) is 8.91. The molecule has 6 nitrogen and oxygen atoms in total. The molecule has 1 aromatic heterocycles. The van der Waals surface area contributed by atoms with E-state index in [1.54, 1.807) is 0 Å². The van der Waals surface area contributed by atoms with Crippen molar-refractivity contribution in [3.05, 3.63) is 17.5 Å². The Morgan fingerprint density at radius 3 is 2.75 bits per heavy atom. The average molecular weight is 390 g/mol. The standard InChI is InChI=1S/C22H35N3O3/c26-22(25-8-10-27-11-9-25)14-18-6-7-23-16-19(18)13-20-15-21(28-24-20)12-17-4-2-1-3-5-17/h15,17-19,23H,1-14,16H2. The van der Waals surface area contributed by atoms with Crippen molar-refractivity contribution in [2.75, 3.05) is 39.4 Å². The molecule has 0 spiro atoms. The van der Waals surface area contributed by atoms with Crippen molar-refractivity contribution in [3.63, 3.8) is 0 Å². The van der Waals surface area contributed by atoms with E-state index in [0.717, 1.165) is 62.8 Å². The molecule has 6 heteroatoms. The van der Waals surface area contributed by atoms with Gasteiger partial charge in [-0.15, -0.1) is 0 Å². The van der Waals surface area contributed by atoms with Gasteiger partial charge in [0.25, 0.3) is 0 Å². The Hall–Kier alpha value is -1.40. The molecule has 156 valence electrons. The van der Waals surface area contributed by atoms with E-state index < -0.39 is 0 Å². The molecule has 0 radical (unpaired) electrons. The number of hydrogen-bond donors (Lipinski definition) is 1. The lowest BCUT2D eigenvalue weighted by Gasteiger charge is -2.34. The molecule has 1 saturated carbocycles. The van der Waals surface area contributed by atoms with Gasteiger partial charge in [-0.05, 0) is 43.7 Å². The van der Waals surface area contributed by atoms with Crippen molar-refractivity contribution in [1.29, 1.82) is 0 Å². The van der Waals surface area contributed by atoms with Gasteiger partial charge >= 0.3 is 0 Å². The van der Waals surface area contributed by atoms with E-state index in [1.807, 2.05) is 4.90 Å². The molecule has 3 fully saturated rings. The zero-order chi connectivity index (χ0) is 19.2. The second kappa shape index (κ2) is 9.88. The first-order chi connectivity index (χ1) is 13.8. The molecule has 1 aliphatic carbocycles. The van der Waals surface area contributed by atoms with Crippen LogP contribution in [0.1, 0.15) is 56.4 Å². The summed E-state index contributed by atoms with van der Waals surface area (Å²) in [5.74, 6) is 2.98. The molecule has 3 aliphatic rings. The van der Waals surface area contributed by atoms with Gasteiger partial charge in [-0.3, -0.25) is 4.79 Å². The Morgan fingerprint density at radius 2 is 1.93 bits per heavy atom. The molecule has 3 heterocycles. The van der Waals surface area contributed by atoms with Crippen molar-refractivity contribution in [1.82, 2.24) is 15.4 Å². The largest absolute Gasteiger partial charge is 0.378 e. The highest BCUT2D eigenvalue weighted by atomic mass is 16.5. The molecule has 28 heavy (non-hydrogen) atoms. The van der Waals surface area contributed by atoms with E-state index in [1.165, 1.54) is 32.1 Å². The molecule has 2 saturated heterocycles. The third-order valence-corrected chi connectivity index (χ3v) is 6.86. The highest BCUT2D eigenvalue weighted by Gasteiger charge is 2.30. The number of amides is 1. The molecule has 1 amide bonds. The van der Waals surface area contributed by atoms with E-state index in [9.17, 15) is 4.79 Å². The van der Waals surface area contributed by atoms with Crippen LogP contribution in [-0.4, -0.2) is 55.4 Å². The SMILES string of the molecule is O=C(CC1CCNCC1Cc1cc(CC2CCCCC2)on1)N1CCOCC1. The number of carbonyl (C=O) groups is 1. The fourth-order valence-corrected chi connectivity index (χ4v) is 5.14. The van der Waals surface area contributed by atoms with Gasteiger partial charge in [0.1, 0.15) is 5.76 Å². The molecule has 2 aliphatic heterocycles. The molecular weight excluding hydrogens is 354 g/mol. The van der Waals surface area contributed by atoms with E-state index in [2.05, 4.69) is 16.5 Å². The first-order valence-electron chi connectivity index (χ1n) is 11.3. The van der Waals surface area contributed by atoms with Gasteiger partial charge in [0.05, 0.1) is 18.9 Å². The number of nitrogens with one attached hydrogen (secondary N) is 1. The predicted octanol–water partition coefficient (Wildman–Crippen LogP) is 2.81. The highest BCUT2D eigenvalue weighted by Crippen LogP contribution is 2.29. The zero-order valence-electron chi connectivity index (χ0n) is 17.0. The van der Waals surface area contributed by atoms with Crippen LogP contribution >= 0.6 is 0 Å². The zero-order valence-corrected chi connectivity index (χ0v) is 17.0. The van der Waals surface area contributed by atoms with E-state index in [0.29, 0.717) is 37.4 Å². The van der Waals surface area contributed by atoms with E-state index in [4.69, 9.17) is 9.26 Å². The van der Waals surface area contributed by atoms with Crippen molar-refractivity contribution in [3.8, 4) is 0 Å². The van der Waals surface area contributed by atoms with Crippen molar-refractivity contribution in [2.45, 2.75) is 57.8 Å². The fourth-order valence-electron chi connectivity index (χ4n) is 5.14. The summed E-state index contributed by atoms with van der Waals surface area (Å²) < 4.78 is 11.0. The molecule has 0 bridgehead atoms. The summed E-state index contributed by atoms with van der Waals surface area (Å²) in [7, 11) is 0. The summed E-state index contributed by atoms with van der Waals surface area (Å²) >= 11 is 0. The van der Waals surface area contributed by atoms with Crippen LogP contribution in [0.4, 0.5) is 0 Å². The maximum atomic E-state index is 12.7. The van der Waals surface area contributed by atoms with Crippen LogP contribution in [0.25, 0.3) is 0 Å². The summed E-state index contributed by atoms with van der Waals surface area (Å²) in [5, 5.41) is 7.87. The number of aromatic nitrogens is 1. The smallest absolute Gasteiger partial charge is 0.223 e. The average Bonchev–Trinajstić information content (AvgIpc) is 3.17. The Kier molecular flexibility index (Phi) is 7.02. The van der Waals surface area contributed by atoms with E-state index >= 15 is 0 Å². The Morgan fingerprint density at radius 1 is 1.11 bits per heavy atom. The molecule has 1 N–H and O–H groups in total. The second-order valence-electron chi connectivity index (χ2n) is 8.91. The normalized spacial score (nSPS) is 27.1. The minimum atomic E-state index is 0.290. The summed E-state index contributed by atoms with van der Waals surface area (Å²) in [6.07, 6.45) is 10.4. The molecule has 0 aromatic carbocycles. The molecule has 1 aromatic rings. The van der Waals surface area contributed by atoms with Crippen LogP contribution in [0.5, 0.6) is 0 Å². The monoisotopic (exact) mass is 389 g/mol. The summed E-state index contributed by atoms with van der Waals surface area (Å²) in [5.41, 5.74) is 1.06. The molecule has 2 unspecified atom stereocenters. The topological polar surface area (TPSA) is 67.6 Å². The van der Waals surface area contributed by atoms with Crippen LogP contribution in [0.3, 0.4) is 0 Å². The number of nitrogens with zero attached hydrogens (tertiary/aromatic N) is 2. The van der Waals surface area contributed by atoms with Crippen LogP contribution in [-0.2, 0) is 22.4 Å². The Labute approximate surface area is 168 Å². The van der Waals surface area contributed by atoms with Gasteiger partial charge in [0, 0.05) is 32.0 Å². The molecular formula is C22H35N3O3. The lowest BCUT2D eigenvalue weighted by Crippen LogP contribution is -2.44. The van der Waals surface area contributed by atoms with Gasteiger partial charge in [-0.2, -0.15) is 0 Å². The Bertz CT molecular complexity index is 620. The maximum absolute atomic E-state index is 12.7. The van der Waals surface area contributed by atoms with E-state index in [-0.39, 0.29) is 0 Å². The number of hydrogen-bond acceptors (Lipinski definition) is 5. The van der Waals surface area contributed by atoms with Gasteiger partial charge < -0.3 is 19.5 Å². The highest BCUT2D eigenvalue weighted by molar-refractivity contribution is 5.76. The Balaban J connectivity index is 1.31. The summed E-state index contributed by atoms with van der Waals surface area (Å²) in [6, 6.07) is 2.17. The quantitative estimate of drug-likeness (QED) is 0.810. The molecule has 2 atom stereocenters. The predicted molar refractivity (Wildman–Crippen MR) is 107 cm³/mol. The van der Waals surface area contributed by atoms with Gasteiger partial charge in [0.2, 0.25) is 5.91 Å². The number of ether oxygens (including phenoxy) is 1. The van der Waals surface area contributed by atoms with Gasteiger partial charge in [0.15, 0.2) is 0 Å². The first-order valence-corrected chi connectivity index (χ1v) is 11.3. The van der Waals surface area contributed by atoms with Crippen LogP contribution in [0.15, 0.2) is 10.6 Å². The third-order valence-electron chi connectivity index (χ3n) is 6.86. The number of carbonyl (C=O) groups excluding carboxylic acids is 1. The minimum Gasteiger partial charge on any atom is -0.378 e. The number of morpholine rings is 1. The van der Waals surface area contributed by atoms with Gasteiger partial charge in [-0.25, -0.2) is 0 Å². The van der Waals surface area contributed by atoms with Crippen LogP contribution in [0, 0.1) is 17.8 Å². The van der Waals surface area contributed by atoms with Crippen LogP contribution < -0.4 is 5.32 Å².